The molecule has 1 aromatic carbocycles. The summed E-state index contributed by atoms with van der Waals surface area (Å²) in [6.07, 6.45) is -1.61. The number of hydrogen-bond donors (Lipinski definition) is 1. The van der Waals surface area contributed by atoms with Gasteiger partial charge in [-0.15, -0.1) is 0 Å². The highest BCUT2D eigenvalue weighted by Gasteiger charge is 2.30. The maximum atomic E-state index is 12.8. The molecule has 0 fully saturated rings. The van der Waals surface area contributed by atoms with E-state index in [4.69, 9.17) is 4.74 Å². The number of rotatable bonds is 7. The van der Waals surface area contributed by atoms with Crippen LogP contribution in [0.1, 0.15) is 15.9 Å². The molecule has 2 aromatic heterocycles. The first-order valence-corrected chi connectivity index (χ1v) is 13.0. The lowest BCUT2D eigenvalue weighted by molar-refractivity contribution is -0.137. The predicted octanol–water partition coefficient (Wildman–Crippen LogP) is 5.13. The molecule has 2 heterocycles. The van der Waals surface area contributed by atoms with E-state index in [2.05, 4.69) is 29.6 Å². The summed E-state index contributed by atoms with van der Waals surface area (Å²) in [7, 11) is -1.25. The molecule has 0 unspecified atom stereocenters. The van der Waals surface area contributed by atoms with Crippen molar-refractivity contribution >= 4 is 25.2 Å². The minimum Gasteiger partial charge on any atom is -0.478 e. The van der Waals surface area contributed by atoms with Crippen molar-refractivity contribution in [2.24, 2.45) is 0 Å². The van der Waals surface area contributed by atoms with Crippen molar-refractivity contribution in [1.82, 2.24) is 14.5 Å². The van der Waals surface area contributed by atoms with Crippen LogP contribution >= 0.6 is 0 Å². The smallest absolute Gasteiger partial charge is 0.416 e. The quantitative estimate of drug-likeness (QED) is 0.410. The molecular weight excluding hydrogens is 415 g/mol. The van der Waals surface area contributed by atoms with Crippen LogP contribution in [0.5, 0.6) is 0 Å². The molecule has 6 nitrogen and oxygen atoms in total. The molecule has 0 saturated heterocycles. The molecule has 1 N–H and O–H groups in total. The summed E-state index contributed by atoms with van der Waals surface area (Å²) >= 11 is 0. The Morgan fingerprint density at radius 2 is 1.87 bits per heavy atom. The van der Waals surface area contributed by atoms with Gasteiger partial charge in [0.05, 0.1) is 17.5 Å². The van der Waals surface area contributed by atoms with Crippen LogP contribution in [0.2, 0.25) is 25.7 Å². The van der Waals surface area contributed by atoms with Crippen molar-refractivity contribution in [2.75, 3.05) is 6.61 Å². The second kappa shape index (κ2) is 8.19. The van der Waals surface area contributed by atoms with E-state index in [1.54, 1.807) is 4.57 Å². The number of aromatic carboxylic acids is 1. The van der Waals surface area contributed by atoms with E-state index >= 15 is 0 Å². The van der Waals surface area contributed by atoms with Gasteiger partial charge in [0.15, 0.2) is 5.65 Å². The molecule has 160 valence electrons. The van der Waals surface area contributed by atoms with Crippen molar-refractivity contribution in [3.8, 4) is 11.3 Å². The topological polar surface area (TPSA) is 77.2 Å². The third kappa shape index (κ3) is 5.06. The van der Waals surface area contributed by atoms with Gasteiger partial charge in [0.2, 0.25) is 0 Å². The Labute approximate surface area is 172 Å². The largest absolute Gasteiger partial charge is 0.478 e. The second-order valence-electron chi connectivity index (χ2n) is 8.17. The molecule has 3 rings (SSSR count). The standard InChI is InChI=1S/C20H22F3N3O3Si/c1-30(2,3)9-8-29-12-26-11-15(19(27)28)17-18(26)24-10-16(25-17)13-4-6-14(7-5-13)20(21,22)23/h4-7,10-11H,8-9,12H2,1-3H3,(H,27,28). The zero-order valence-electron chi connectivity index (χ0n) is 16.8. The van der Waals surface area contributed by atoms with Gasteiger partial charge in [-0.2, -0.15) is 13.2 Å². The van der Waals surface area contributed by atoms with Crippen molar-refractivity contribution in [2.45, 2.75) is 38.6 Å². The van der Waals surface area contributed by atoms with Crippen LogP contribution in [0, 0.1) is 0 Å². The van der Waals surface area contributed by atoms with E-state index in [0.29, 0.717) is 17.8 Å². The van der Waals surface area contributed by atoms with Gasteiger partial charge in [0.25, 0.3) is 0 Å². The Morgan fingerprint density at radius 1 is 1.20 bits per heavy atom. The maximum Gasteiger partial charge on any atom is 0.416 e. The van der Waals surface area contributed by atoms with Gasteiger partial charge in [0.1, 0.15) is 17.8 Å². The van der Waals surface area contributed by atoms with Crippen molar-refractivity contribution in [1.29, 1.82) is 0 Å². The van der Waals surface area contributed by atoms with Gasteiger partial charge < -0.3 is 14.4 Å². The van der Waals surface area contributed by atoms with E-state index < -0.39 is 25.8 Å². The summed E-state index contributed by atoms with van der Waals surface area (Å²) in [5.41, 5.74) is 0.391. The number of nitrogens with zero attached hydrogens (tertiary/aromatic N) is 3. The van der Waals surface area contributed by atoms with E-state index in [9.17, 15) is 23.1 Å². The number of carbonyl (C=O) groups is 1. The fourth-order valence-corrected chi connectivity index (χ4v) is 3.57. The highest BCUT2D eigenvalue weighted by molar-refractivity contribution is 6.76. The Balaban J connectivity index is 1.90. The number of aromatic nitrogens is 3. The van der Waals surface area contributed by atoms with Gasteiger partial charge in [0, 0.05) is 26.4 Å². The molecule has 0 saturated carbocycles. The van der Waals surface area contributed by atoms with E-state index in [1.165, 1.54) is 24.5 Å². The minimum atomic E-state index is -4.43. The fourth-order valence-electron chi connectivity index (χ4n) is 2.82. The zero-order valence-corrected chi connectivity index (χ0v) is 17.8. The Kier molecular flexibility index (Phi) is 6.00. The fraction of sp³-hybridized carbons (Fsp3) is 0.350. The molecule has 0 atom stereocenters. The highest BCUT2D eigenvalue weighted by Crippen LogP contribution is 2.31. The van der Waals surface area contributed by atoms with E-state index in [0.717, 1.165) is 18.2 Å². The number of hydrogen-bond acceptors (Lipinski definition) is 4. The molecule has 30 heavy (non-hydrogen) atoms. The number of carboxylic acid groups (broad SMARTS) is 1. The van der Waals surface area contributed by atoms with Crippen LogP contribution in [0.25, 0.3) is 22.4 Å². The minimum absolute atomic E-state index is 0.0416. The van der Waals surface area contributed by atoms with Gasteiger partial charge >= 0.3 is 12.1 Å². The zero-order chi connectivity index (χ0) is 22.1. The number of alkyl halides is 3. The highest BCUT2D eigenvalue weighted by atomic mass is 28.3. The van der Waals surface area contributed by atoms with E-state index in [-0.39, 0.29) is 23.5 Å². The molecule has 0 bridgehead atoms. The van der Waals surface area contributed by atoms with Crippen LogP contribution in [0.4, 0.5) is 13.2 Å². The number of halogens is 3. The van der Waals surface area contributed by atoms with Crippen LogP contribution in [-0.4, -0.2) is 40.3 Å². The molecule has 0 amide bonds. The summed E-state index contributed by atoms with van der Waals surface area (Å²) < 4.78 is 45.5. The molecule has 3 aromatic rings. The van der Waals surface area contributed by atoms with Gasteiger partial charge in [-0.25, -0.2) is 14.8 Å². The lowest BCUT2D eigenvalue weighted by Gasteiger charge is -2.15. The summed E-state index contributed by atoms with van der Waals surface area (Å²) in [5, 5.41) is 9.52. The molecule has 0 radical (unpaired) electrons. The first-order valence-electron chi connectivity index (χ1n) is 9.30. The third-order valence-electron chi connectivity index (χ3n) is 4.53. The Hall–Kier alpha value is -2.72. The van der Waals surface area contributed by atoms with Crippen LogP contribution in [0.15, 0.2) is 36.7 Å². The predicted molar refractivity (Wildman–Crippen MR) is 109 cm³/mol. The molecular formula is C20H22F3N3O3Si. The molecule has 0 spiro atoms. The summed E-state index contributed by atoms with van der Waals surface area (Å²) in [4.78, 5) is 20.3. The second-order valence-corrected chi connectivity index (χ2v) is 13.8. The summed E-state index contributed by atoms with van der Waals surface area (Å²) in [6.45, 7) is 7.41. The van der Waals surface area contributed by atoms with Crippen molar-refractivity contribution in [3.05, 3.63) is 47.8 Å². The monoisotopic (exact) mass is 437 g/mol. The van der Waals surface area contributed by atoms with Crippen LogP contribution < -0.4 is 0 Å². The van der Waals surface area contributed by atoms with Crippen LogP contribution in [0.3, 0.4) is 0 Å². The van der Waals surface area contributed by atoms with Gasteiger partial charge in [-0.1, -0.05) is 31.8 Å². The number of ether oxygens (including phenoxy) is 1. The summed E-state index contributed by atoms with van der Waals surface area (Å²) in [6, 6.07) is 5.46. The van der Waals surface area contributed by atoms with Crippen molar-refractivity contribution in [3.63, 3.8) is 0 Å². The number of fused-ring (bicyclic) bond motifs is 1. The normalized spacial score (nSPS) is 12.5. The molecule has 0 aliphatic heterocycles. The third-order valence-corrected chi connectivity index (χ3v) is 6.23. The van der Waals surface area contributed by atoms with Crippen LogP contribution in [-0.2, 0) is 17.6 Å². The van der Waals surface area contributed by atoms with Gasteiger partial charge in [-0.05, 0) is 18.2 Å². The lowest BCUT2D eigenvalue weighted by Crippen LogP contribution is -2.22. The summed E-state index contributed by atoms with van der Waals surface area (Å²) in [5.74, 6) is -1.17. The SMILES string of the molecule is C[Si](C)(C)CCOCn1cc(C(=O)O)c2nc(-c3ccc(C(F)(F)F)cc3)cnc21. The Morgan fingerprint density at radius 3 is 2.43 bits per heavy atom. The molecule has 10 heteroatoms. The number of benzene rings is 1. The first-order chi connectivity index (χ1) is 14.0. The maximum absolute atomic E-state index is 12.8. The number of carboxylic acids is 1. The van der Waals surface area contributed by atoms with E-state index in [1.807, 2.05) is 0 Å². The first kappa shape index (κ1) is 22.0. The Bertz CT molecular complexity index is 1060. The average molecular weight is 437 g/mol. The van der Waals surface area contributed by atoms with Gasteiger partial charge in [-0.3, -0.25) is 0 Å². The average Bonchev–Trinajstić information content (AvgIpc) is 3.02. The molecule has 0 aliphatic rings. The van der Waals surface area contributed by atoms with Crippen molar-refractivity contribution < 1.29 is 27.8 Å². The molecule has 0 aliphatic carbocycles. The lowest BCUT2D eigenvalue weighted by atomic mass is 10.1.